The number of aromatic nitrogens is 2. The predicted molar refractivity (Wildman–Crippen MR) is 137 cm³/mol. The zero-order valence-corrected chi connectivity index (χ0v) is 21.0. The first-order chi connectivity index (χ1) is 14.6. The number of rotatable bonds is 8. The fraction of sp³-hybridized carbons (Fsp3) is 0.333. The van der Waals surface area contributed by atoms with Gasteiger partial charge < -0.3 is 15.4 Å². The molecule has 0 radical (unpaired) electrons. The summed E-state index contributed by atoms with van der Waals surface area (Å²) in [5, 5.41) is 11.2. The van der Waals surface area contributed by atoms with Gasteiger partial charge in [0.25, 0.3) is 0 Å². The Bertz CT molecular complexity index is 985. The van der Waals surface area contributed by atoms with Crippen LogP contribution in [-0.4, -0.2) is 22.8 Å². The summed E-state index contributed by atoms with van der Waals surface area (Å²) in [6.45, 7) is 6.71. The minimum atomic E-state index is 0. The van der Waals surface area contributed by atoms with Gasteiger partial charge in [-0.25, -0.2) is 0 Å². The van der Waals surface area contributed by atoms with Crippen molar-refractivity contribution in [2.24, 2.45) is 12.0 Å². The standard InChI is InChI=1S/C24H31N5O.HI/c1-18-23(19(2)29(4)28-18)15-27-24(25-3)26-14-21-11-8-12-22(13-21)17-30-16-20-9-6-5-7-10-20;/h5-13H,14-17H2,1-4H3,(H2,25,26,27);1H. The Balaban J connectivity index is 0.00000341. The molecule has 166 valence electrons. The summed E-state index contributed by atoms with van der Waals surface area (Å²) in [4.78, 5) is 4.33. The van der Waals surface area contributed by atoms with E-state index in [9.17, 15) is 0 Å². The third kappa shape index (κ3) is 7.36. The zero-order valence-electron chi connectivity index (χ0n) is 18.7. The summed E-state index contributed by atoms with van der Waals surface area (Å²) < 4.78 is 7.77. The maximum atomic E-state index is 5.86. The van der Waals surface area contributed by atoms with Gasteiger partial charge in [-0.05, 0) is 30.5 Å². The number of nitrogens with one attached hydrogen (secondary N) is 2. The number of aliphatic imine (C=N–C) groups is 1. The molecule has 3 rings (SSSR count). The first kappa shape index (κ1) is 24.9. The largest absolute Gasteiger partial charge is 0.372 e. The molecular weight excluding hydrogens is 501 g/mol. The smallest absolute Gasteiger partial charge is 0.191 e. The molecule has 3 aromatic rings. The summed E-state index contributed by atoms with van der Waals surface area (Å²) in [6.07, 6.45) is 0. The molecule has 0 saturated carbocycles. The van der Waals surface area contributed by atoms with Gasteiger partial charge in [0.1, 0.15) is 0 Å². The van der Waals surface area contributed by atoms with E-state index in [2.05, 4.69) is 64.0 Å². The summed E-state index contributed by atoms with van der Waals surface area (Å²) in [5.41, 5.74) is 6.95. The van der Waals surface area contributed by atoms with Crippen LogP contribution in [-0.2, 0) is 38.1 Å². The molecule has 0 amide bonds. The second-order valence-corrected chi connectivity index (χ2v) is 7.35. The number of nitrogens with zero attached hydrogens (tertiary/aromatic N) is 3. The Labute approximate surface area is 202 Å². The van der Waals surface area contributed by atoms with Crippen molar-refractivity contribution in [1.82, 2.24) is 20.4 Å². The molecule has 0 unspecified atom stereocenters. The third-order valence-corrected chi connectivity index (χ3v) is 5.15. The molecule has 0 fully saturated rings. The van der Waals surface area contributed by atoms with E-state index in [4.69, 9.17) is 4.74 Å². The van der Waals surface area contributed by atoms with Gasteiger partial charge in [-0.2, -0.15) is 5.10 Å². The van der Waals surface area contributed by atoms with Gasteiger partial charge in [-0.15, -0.1) is 24.0 Å². The van der Waals surface area contributed by atoms with Crippen LogP contribution in [0.1, 0.15) is 33.6 Å². The second kappa shape index (κ2) is 12.5. The quantitative estimate of drug-likeness (QED) is 0.259. The molecular formula is C24H32IN5O. The zero-order chi connectivity index (χ0) is 21.3. The maximum Gasteiger partial charge on any atom is 0.191 e. The number of hydrogen-bond acceptors (Lipinski definition) is 3. The Morgan fingerprint density at radius 1 is 0.935 bits per heavy atom. The molecule has 2 aromatic carbocycles. The molecule has 1 aromatic heterocycles. The van der Waals surface area contributed by atoms with Crippen LogP contribution in [0.3, 0.4) is 0 Å². The lowest BCUT2D eigenvalue weighted by Crippen LogP contribution is -2.36. The highest BCUT2D eigenvalue weighted by Crippen LogP contribution is 2.11. The van der Waals surface area contributed by atoms with Gasteiger partial charge >= 0.3 is 0 Å². The molecule has 1 heterocycles. The number of hydrogen-bond donors (Lipinski definition) is 2. The fourth-order valence-electron chi connectivity index (χ4n) is 3.34. The summed E-state index contributed by atoms with van der Waals surface area (Å²) in [7, 11) is 3.75. The van der Waals surface area contributed by atoms with Crippen LogP contribution in [0.5, 0.6) is 0 Å². The average Bonchev–Trinajstić information content (AvgIpc) is 3.00. The van der Waals surface area contributed by atoms with Gasteiger partial charge in [0, 0.05) is 38.4 Å². The summed E-state index contributed by atoms with van der Waals surface area (Å²) in [5.74, 6) is 0.767. The van der Waals surface area contributed by atoms with E-state index in [1.54, 1.807) is 7.05 Å². The molecule has 0 bridgehead atoms. The molecule has 0 aliphatic heterocycles. The summed E-state index contributed by atoms with van der Waals surface area (Å²) in [6, 6.07) is 18.7. The van der Waals surface area contributed by atoms with E-state index in [1.807, 2.05) is 36.9 Å². The number of halogens is 1. The maximum absolute atomic E-state index is 5.86. The van der Waals surface area contributed by atoms with Gasteiger partial charge in [0.15, 0.2) is 5.96 Å². The van der Waals surface area contributed by atoms with Crippen LogP contribution in [0.2, 0.25) is 0 Å². The minimum Gasteiger partial charge on any atom is -0.372 e. The van der Waals surface area contributed by atoms with Crippen molar-refractivity contribution in [3.8, 4) is 0 Å². The van der Waals surface area contributed by atoms with Crippen molar-refractivity contribution in [3.05, 3.63) is 88.2 Å². The van der Waals surface area contributed by atoms with Crippen LogP contribution in [0.25, 0.3) is 0 Å². The molecule has 6 nitrogen and oxygen atoms in total. The Morgan fingerprint density at radius 2 is 1.58 bits per heavy atom. The van der Waals surface area contributed by atoms with Gasteiger partial charge in [-0.1, -0.05) is 54.6 Å². The Hall–Kier alpha value is -2.39. The van der Waals surface area contributed by atoms with Crippen molar-refractivity contribution in [3.63, 3.8) is 0 Å². The van der Waals surface area contributed by atoms with Crippen LogP contribution in [0.4, 0.5) is 0 Å². The molecule has 0 spiro atoms. The van der Waals surface area contributed by atoms with E-state index >= 15 is 0 Å². The van der Waals surface area contributed by atoms with E-state index < -0.39 is 0 Å². The monoisotopic (exact) mass is 533 g/mol. The molecule has 31 heavy (non-hydrogen) atoms. The van der Waals surface area contributed by atoms with Gasteiger partial charge in [-0.3, -0.25) is 9.67 Å². The fourth-order valence-corrected chi connectivity index (χ4v) is 3.34. The number of benzene rings is 2. The number of aryl methyl sites for hydroxylation is 2. The minimum absolute atomic E-state index is 0. The van der Waals surface area contributed by atoms with E-state index in [0.29, 0.717) is 26.3 Å². The predicted octanol–water partition coefficient (Wildman–Crippen LogP) is 4.24. The molecule has 0 atom stereocenters. The van der Waals surface area contributed by atoms with Crippen LogP contribution in [0, 0.1) is 13.8 Å². The van der Waals surface area contributed by atoms with E-state index in [1.165, 1.54) is 22.4 Å². The highest BCUT2D eigenvalue weighted by molar-refractivity contribution is 14.0. The highest BCUT2D eigenvalue weighted by atomic mass is 127. The molecule has 7 heteroatoms. The SMILES string of the molecule is CN=C(NCc1cccc(COCc2ccccc2)c1)NCc1c(C)nn(C)c1C.I. The normalized spacial score (nSPS) is 11.2. The van der Waals surface area contributed by atoms with Crippen LogP contribution >= 0.6 is 24.0 Å². The molecule has 0 aliphatic carbocycles. The first-order valence-electron chi connectivity index (χ1n) is 10.2. The van der Waals surface area contributed by atoms with Crippen LogP contribution < -0.4 is 10.6 Å². The lowest BCUT2D eigenvalue weighted by atomic mass is 10.1. The lowest BCUT2D eigenvalue weighted by Gasteiger charge is -2.13. The highest BCUT2D eigenvalue weighted by Gasteiger charge is 2.09. The van der Waals surface area contributed by atoms with Gasteiger partial charge in [0.05, 0.1) is 18.9 Å². The van der Waals surface area contributed by atoms with E-state index in [-0.39, 0.29) is 24.0 Å². The van der Waals surface area contributed by atoms with E-state index in [0.717, 1.165) is 17.2 Å². The van der Waals surface area contributed by atoms with Crippen molar-refractivity contribution in [2.75, 3.05) is 7.05 Å². The molecule has 0 saturated heterocycles. The third-order valence-electron chi connectivity index (χ3n) is 5.15. The second-order valence-electron chi connectivity index (χ2n) is 7.35. The van der Waals surface area contributed by atoms with Crippen molar-refractivity contribution in [1.29, 1.82) is 0 Å². The Kier molecular flexibility index (Phi) is 10.00. The molecule has 2 N–H and O–H groups in total. The van der Waals surface area contributed by atoms with Gasteiger partial charge in [0.2, 0.25) is 0 Å². The van der Waals surface area contributed by atoms with Crippen molar-refractivity contribution >= 4 is 29.9 Å². The Morgan fingerprint density at radius 3 is 2.26 bits per heavy atom. The number of ether oxygens (including phenoxy) is 1. The first-order valence-corrected chi connectivity index (χ1v) is 10.2. The lowest BCUT2D eigenvalue weighted by molar-refractivity contribution is 0.107. The van der Waals surface area contributed by atoms with Crippen LogP contribution in [0.15, 0.2) is 59.6 Å². The van der Waals surface area contributed by atoms with Crippen molar-refractivity contribution in [2.45, 2.75) is 40.2 Å². The number of guanidine groups is 1. The van der Waals surface area contributed by atoms with Crippen molar-refractivity contribution < 1.29 is 4.74 Å². The molecule has 0 aliphatic rings. The summed E-state index contributed by atoms with van der Waals surface area (Å²) >= 11 is 0. The topological polar surface area (TPSA) is 63.5 Å². The average molecular weight is 533 g/mol.